The number of carbonyl (C=O) groups excluding carboxylic acids is 2. The minimum Gasteiger partial charge on any atom is -0.445 e. The molecule has 2 aliphatic rings. The largest absolute Gasteiger partial charge is 0.445 e. The van der Waals surface area contributed by atoms with Gasteiger partial charge >= 0.3 is 6.09 Å². The Balaban J connectivity index is 1.58. The first kappa shape index (κ1) is 18.7. The first-order valence-electron chi connectivity index (χ1n) is 9.50. The minimum absolute atomic E-state index is 0.131. The van der Waals surface area contributed by atoms with E-state index < -0.39 is 18.2 Å². The molecular weight excluding hydrogens is 332 g/mol. The number of ether oxygens (including phenoxy) is 1. The van der Waals surface area contributed by atoms with Crippen LogP contribution in [0.2, 0.25) is 0 Å². The molecule has 0 spiro atoms. The van der Waals surface area contributed by atoms with Gasteiger partial charge in [-0.15, -0.1) is 0 Å². The lowest BCUT2D eigenvalue weighted by molar-refractivity contribution is -0.126. The SMILES string of the molecule is C[C@@H]1CCCC[C@@H]1NC(=O)[C@@H]1C[C@@H](O)CN1C(=O)OCc1ccccc1. The van der Waals surface area contributed by atoms with Gasteiger partial charge in [0.2, 0.25) is 5.91 Å². The quantitative estimate of drug-likeness (QED) is 0.864. The Morgan fingerprint density at radius 3 is 2.69 bits per heavy atom. The number of carbonyl (C=O) groups is 2. The van der Waals surface area contributed by atoms with Crippen molar-refractivity contribution in [2.45, 2.75) is 63.8 Å². The average molecular weight is 360 g/mol. The smallest absolute Gasteiger partial charge is 0.410 e. The van der Waals surface area contributed by atoms with Gasteiger partial charge < -0.3 is 15.2 Å². The van der Waals surface area contributed by atoms with Gasteiger partial charge in [0.25, 0.3) is 0 Å². The zero-order valence-electron chi connectivity index (χ0n) is 15.3. The van der Waals surface area contributed by atoms with Crippen molar-refractivity contribution in [3.63, 3.8) is 0 Å². The Morgan fingerprint density at radius 2 is 1.96 bits per heavy atom. The van der Waals surface area contributed by atoms with Crippen LogP contribution < -0.4 is 5.32 Å². The van der Waals surface area contributed by atoms with Gasteiger partial charge in [-0.05, 0) is 24.3 Å². The minimum atomic E-state index is -0.696. The number of hydrogen-bond acceptors (Lipinski definition) is 4. The van der Waals surface area contributed by atoms with Crippen molar-refractivity contribution in [3.05, 3.63) is 35.9 Å². The third-order valence-electron chi connectivity index (χ3n) is 5.46. The fraction of sp³-hybridized carbons (Fsp3) is 0.600. The summed E-state index contributed by atoms with van der Waals surface area (Å²) in [6, 6.07) is 8.89. The van der Waals surface area contributed by atoms with Crippen molar-refractivity contribution in [1.82, 2.24) is 10.2 Å². The highest BCUT2D eigenvalue weighted by Gasteiger charge is 2.40. The number of likely N-dealkylation sites (tertiary alicyclic amines) is 1. The van der Waals surface area contributed by atoms with Crippen molar-refractivity contribution in [2.24, 2.45) is 5.92 Å². The third-order valence-corrected chi connectivity index (χ3v) is 5.46. The summed E-state index contributed by atoms with van der Waals surface area (Å²) in [7, 11) is 0. The molecular formula is C20H28N2O4. The molecule has 1 aromatic rings. The molecule has 1 saturated carbocycles. The highest BCUT2D eigenvalue weighted by Crippen LogP contribution is 2.25. The maximum absolute atomic E-state index is 12.7. The Morgan fingerprint density at radius 1 is 1.23 bits per heavy atom. The highest BCUT2D eigenvalue weighted by atomic mass is 16.6. The van der Waals surface area contributed by atoms with Crippen LogP contribution in [-0.2, 0) is 16.1 Å². The fourth-order valence-electron chi connectivity index (χ4n) is 3.88. The maximum Gasteiger partial charge on any atom is 0.410 e. The van der Waals surface area contributed by atoms with E-state index >= 15 is 0 Å². The molecule has 0 unspecified atom stereocenters. The van der Waals surface area contributed by atoms with E-state index in [0.717, 1.165) is 24.8 Å². The van der Waals surface area contributed by atoms with E-state index in [4.69, 9.17) is 4.74 Å². The molecule has 4 atom stereocenters. The normalized spacial score (nSPS) is 28.6. The van der Waals surface area contributed by atoms with E-state index in [1.807, 2.05) is 30.3 Å². The van der Waals surface area contributed by atoms with Crippen LogP contribution >= 0.6 is 0 Å². The summed E-state index contributed by atoms with van der Waals surface area (Å²) in [6.07, 6.45) is 3.41. The van der Waals surface area contributed by atoms with Gasteiger partial charge in [0.15, 0.2) is 0 Å². The van der Waals surface area contributed by atoms with Gasteiger partial charge in [0.1, 0.15) is 12.6 Å². The first-order valence-corrected chi connectivity index (χ1v) is 9.50. The first-order chi connectivity index (χ1) is 12.5. The molecule has 0 bridgehead atoms. The molecule has 1 saturated heterocycles. The lowest BCUT2D eigenvalue weighted by Crippen LogP contribution is -2.50. The molecule has 1 aromatic carbocycles. The third kappa shape index (κ3) is 4.55. The molecule has 142 valence electrons. The number of rotatable bonds is 4. The molecule has 6 nitrogen and oxygen atoms in total. The zero-order chi connectivity index (χ0) is 18.5. The number of hydrogen-bond donors (Lipinski definition) is 2. The van der Waals surface area contributed by atoms with Crippen LogP contribution in [0.4, 0.5) is 4.79 Å². The second kappa shape index (κ2) is 8.54. The lowest BCUT2D eigenvalue weighted by atomic mass is 9.86. The van der Waals surface area contributed by atoms with E-state index in [0.29, 0.717) is 5.92 Å². The van der Waals surface area contributed by atoms with Gasteiger partial charge in [0, 0.05) is 12.5 Å². The number of nitrogens with zero attached hydrogens (tertiary/aromatic N) is 1. The van der Waals surface area contributed by atoms with Crippen LogP contribution in [0.3, 0.4) is 0 Å². The van der Waals surface area contributed by atoms with Gasteiger partial charge in [-0.1, -0.05) is 50.1 Å². The van der Waals surface area contributed by atoms with Gasteiger partial charge in [-0.3, -0.25) is 9.69 Å². The predicted molar refractivity (Wildman–Crippen MR) is 97.3 cm³/mol. The summed E-state index contributed by atoms with van der Waals surface area (Å²) < 4.78 is 5.35. The van der Waals surface area contributed by atoms with Crippen LogP contribution in [0, 0.1) is 5.92 Å². The molecule has 0 radical (unpaired) electrons. The van der Waals surface area contributed by atoms with Crippen molar-refractivity contribution in [1.29, 1.82) is 0 Å². The van der Waals surface area contributed by atoms with Gasteiger partial charge in [0.05, 0.1) is 12.6 Å². The second-order valence-corrected chi connectivity index (χ2v) is 7.47. The number of benzene rings is 1. The standard InChI is InChI=1S/C20H28N2O4/c1-14-7-5-6-10-17(14)21-19(24)18-11-16(23)12-22(18)20(25)26-13-15-8-3-2-4-9-15/h2-4,8-9,14,16-18,23H,5-7,10-13H2,1H3,(H,21,24)/t14-,16-,17+,18+/m1/s1. The van der Waals surface area contributed by atoms with E-state index in [1.54, 1.807) is 0 Å². The average Bonchev–Trinajstić information content (AvgIpc) is 3.04. The van der Waals surface area contributed by atoms with Crippen LogP contribution in [0.15, 0.2) is 30.3 Å². The monoisotopic (exact) mass is 360 g/mol. The summed E-state index contributed by atoms with van der Waals surface area (Å²) in [5.74, 6) is 0.259. The molecule has 2 amide bonds. The van der Waals surface area contributed by atoms with Crippen LogP contribution in [0.25, 0.3) is 0 Å². The van der Waals surface area contributed by atoms with Crippen LogP contribution in [-0.4, -0.2) is 46.7 Å². The van der Waals surface area contributed by atoms with Crippen molar-refractivity contribution in [2.75, 3.05) is 6.54 Å². The summed E-state index contributed by atoms with van der Waals surface area (Å²) in [5.41, 5.74) is 0.887. The molecule has 2 fully saturated rings. The summed E-state index contributed by atoms with van der Waals surface area (Å²) in [4.78, 5) is 26.5. The molecule has 1 heterocycles. The number of aliphatic hydroxyl groups excluding tert-OH is 1. The highest BCUT2D eigenvalue weighted by molar-refractivity contribution is 5.86. The lowest BCUT2D eigenvalue weighted by Gasteiger charge is -2.31. The van der Waals surface area contributed by atoms with E-state index in [1.165, 1.54) is 11.3 Å². The van der Waals surface area contributed by atoms with Crippen LogP contribution in [0.1, 0.15) is 44.6 Å². The van der Waals surface area contributed by atoms with E-state index in [9.17, 15) is 14.7 Å². The summed E-state index contributed by atoms with van der Waals surface area (Å²) in [6.45, 7) is 2.44. The summed E-state index contributed by atoms with van der Waals surface area (Å²) in [5, 5.41) is 13.1. The molecule has 2 N–H and O–H groups in total. The van der Waals surface area contributed by atoms with E-state index in [2.05, 4.69) is 12.2 Å². The zero-order valence-corrected chi connectivity index (χ0v) is 15.3. The Hall–Kier alpha value is -2.08. The van der Waals surface area contributed by atoms with Crippen molar-refractivity contribution >= 4 is 12.0 Å². The molecule has 26 heavy (non-hydrogen) atoms. The molecule has 0 aromatic heterocycles. The summed E-state index contributed by atoms with van der Waals surface area (Å²) >= 11 is 0. The van der Waals surface area contributed by atoms with Gasteiger partial charge in [-0.2, -0.15) is 0 Å². The second-order valence-electron chi connectivity index (χ2n) is 7.47. The fourth-order valence-corrected chi connectivity index (χ4v) is 3.88. The molecule has 1 aliphatic heterocycles. The van der Waals surface area contributed by atoms with Crippen molar-refractivity contribution in [3.8, 4) is 0 Å². The molecule has 1 aliphatic carbocycles. The molecule has 6 heteroatoms. The Kier molecular flexibility index (Phi) is 6.14. The van der Waals surface area contributed by atoms with Crippen LogP contribution in [0.5, 0.6) is 0 Å². The number of nitrogens with one attached hydrogen (secondary N) is 1. The maximum atomic E-state index is 12.7. The number of aliphatic hydroxyl groups is 1. The van der Waals surface area contributed by atoms with Gasteiger partial charge in [-0.25, -0.2) is 4.79 Å². The number of β-amino-alcohol motifs (C(OH)–C–C–N with tert-alkyl or cyclic N) is 1. The predicted octanol–water partition coefficient (Wildman–Crippen LogP) is 2.45. The van der Waals surface area contributed by atoms with Crippen molar-refractivity contribution < 1.29 is 19.4 Å². The Labute approximate surface area is 154 Å². The Bertz CT molecular complexity index is 621. The topological polar surface area (TPSA) is 78.9 Å². The molecule has 3 rings (SSSR count). The van der Waals surface area contributed by atoms with E-state index in [-0.39, 0.29) is 31.5 Å². The number of amides is 2.